The Bertz CT molecular complexity index is 465. The van der Waals surface area contributed by atoms with Crippen molar-refractivity contribution in [3.8, 4) is 0 Å². The minimum Gasteiger partial charge on any atom is -0.336 e. The molecule has 2 aliphatic rings. The van der Waals surface area contributed by atoms with Gasteiger partial charge in [0.05, 0.1) is 11.2 Å². The van der Waals surface area contributed by atoms with E-state index in [0.29, 0.717) is 6.04 Å². The van der Waals surface area contributed by atoms with Crippen molar-refractivity contribution in [2.45, 2.75) is 19.4 Å². The van der Waals surface area contributed by atoms with Crippen LogP contribution in [0.25, 0.3) is 0 Å². The van der Waals surface area contributed by atoms with E-state index in [1.165, 1.54) is 11.3 Å². The standard InChI is InChI=1S/C13H20N4OS.2ClH/c1-10-12(19-9-15-10)13(18)17-5-2-11(8-17)16-6-3-14-4-7-16;;/h9,11,14H,2-8H2,1H3;2*1H. The van der Waals surface area contributed by atoms with Crippen LogP contribution in [0.1, 0.15) is 21.8 Å². The molecular weight excluding hydrogens is 331 g/mol. The Hall–Kier alpha value is -0.400. The van der Waals surface area contributed by atoms with E-state index in [0.717, 1.165) is 56.3 Å². The molecule has 120 valence electrons. The van der Waals surface area contributed by atoms with Gasteiger partial charge in [-0.2, -0.15) is 0 Å². The van der Waals surface area contributed by atoms with E-state index in [1.54, 1.807) is 5.51 Å². The molecule has 5 nitrogen and oxygen atoms in total. The van der Waals surface area contributed by atoms with Gasteiger partial charge in [0.1, 0.15) is 4.88 Å². The van der Waals surface area contributed by atoms with Crippen molar-refractivity contribution in [2.75, 3.05) is 39.3 Å². The summed E-state index contributed by atoms with van der Waals surface area (Å²) in [5.74, 6) is 0.164. The zero-order valence-electron chi connectivity index (χ0n) is 12.1. The number of aryl methyl sites for hydroxylation is 1. The first-order valence-electron chi connectivity index (χ1n) is 6.90. The van der Waals surface area contributed by atoms with E-state index in [2.05, 4.69) is 15.2 Å². The van der Waals surface area contributed by atoms with Crippen LogP contribution in [0.4, 0.5) is 0 Å². The molecule has 1 atom stereocenters. The first-order valence-corrected chi connectivity index (χ1v) is 7.78. The monoisotopic (exact) mass is 352 g/mol. The zero-order valence-corrected chi connectivity index (χ0v) is 14.5. The number of carbonyl (C=O) groups excluding carboxylic acids is 1. The fourth-order valence-corrected chi connectivity index (χ4v) is 3.69. The molecule has 3 rings (SSSR count). The Balaban J connectivity index is 0.00000110. The summed E-state index contributed by atoms with van der Waals surface area (Å²) in [6, 6.07) is 0.541. The summed E-state index contributed by atoms with van der Waals surface area (Å²) < 4.78 is 0. The molecule has 3 heterocycles. The van der Waals surface area contributed by atoms with Crippen LogP contribution < -0.4 is 5.32 Å². The largest absolute Gasteiger partial charge is 0.336 e. The molecule has 1 unspecified atom stereocenters. The van der Waals surface area contributed by atoms with Crippen LogP contribution in [-0.4, -0.2) is 66.0 Å². The number of nitrogens with zero attached hydrogens (tertiary/aromatic N) is 3. The molecule has 2 aliphatic heterocycles. The number of thiazole rings is 1. The molecule has 21 heavy (non-hydrogen) atoms. The number of rotatable bonds is 2. The van der Waals surface area contributed by atoms with Crippen molar-refractivity contribution in [1.29, 1.82) is 0 Å². The van der Waals surface area contributed by atoms with Crippen molar-refractivity contribution in [2.24, 2.45) is 0 Å². The summed E-state index contributed by atoms with van der Waals surface area (Å²) in [4.78, 5) is 21.9. The molecule has 8 heteroatoms. The van der Waals surface area contributed by atoms with Gasteiger partial charge >= 0.3 is 0 Å². The third-order valence-corrected chi connectivity index (χ3v) is 4.97. The highest BCUT2D eigenvalue weighted by molar-refractivity contribution is 7.11. The lowest BCUT2D eigenvalue weighted by molar-refractivity contribution is 0.0777. The zero-order chi connectivity index (χ0) is 13.2. The van der Waals surface area contributed by atoms with E-state index in [4.69, 9.17) is 0 Å². The molecule has 1 aromatic heterocycles. The summed E-state index contributed by atoms with van der Waals surface area (Å²) in [5.41, 5.74) is 2.62. The van der Waals surface area contributed by atoms with Gasteiger partial charge in [-0.25, -0.2) is 4.98 Å². The Morgan fingerprint density at radius 1 is 1.33 bits per heavy atom. The van der Waals surface area contributed by atoms with Crippen LogP contribution in [0.15, 0.2) is 5.51 Å². The van der Waals surface area contributed by atoms with Gasteiger partial charge in [0, 0.05) is 45.3 Å². The lowest BCUT2D eigenvalue weighted by Gasteiger charge is -2.32. The Morgan fingerprint density at radius 3 is 2.67 bits per heavy atom. The smallest absolute Gasteiger partial charge is 0.265 e. The van der Waals surface area contributed by atoms with Crippen LogP contribution >= 0.6 is 36.2 Å². The average molecular weight is 353 g/mol. The fraction of sp³-hybridized carbons (Fsp3) is 0.692. The molecular formula is C13H22Cl2N4OS. The average Bonchev–Trinajstić information content (AvgIpc) is 3.08. The van der Waals surface area contributed by atoms with Gasteiger partial charge in [0.15, 0.2) is 0 Å². The third-order valence-electron chi connectivity index (χ3n) is 4.06. The van der Waals surface area contributed by atoms with Crippen molar-refractivity contribution < 1.29 is 4.79 Å². The number of halogens is 2. The van der Waals surface area contributed by atoms with Crippen LogP contribution in [0, 0.1) is 6.92 Å². The molecule has 0 spiro atoms. The van der Waals surface area contributed by atoms with E-state index in [1.807, 2.05) is 11.8 Å². The first kappa shape index (κ1) is 18.6. The van der Waals surface area contributed by atoms with Crippen LogP contribution in [0.3, 0.4) is 0 Å². The van der Waals surface area contributed by atoms with E-state index in [9.17, 15) is 4.79 Å². The number of piperazine rings is 1. The second-order valence-corrected chi connectivity index (χ2v) is 6.10. The van der Waals surface area contributed by atoms with Crippen molar-refractivity contribution in [3.05, 3.63) is 16.1 Å². The number of carbonyl (C=O) groups is 1. The fourth-order valence-electron chi connectivity index (χ4n) is 2.92. The third kappa shape index (κ3) is 4.07. The van der Waals surface area contributed by atoms with Crippen LogP contribution in [0.5, 0.6) is 0 Å². The number of amides is 1. The highest BCUT2D eigenvalue weighted by Gasteiger charge is 2.32. The Labute approximate surface area is 141 Å². The summed E-state index contributed by atoms with van der Waals surface area (Å²) in [7, 11) is 0. The van der Waals surface area contributed by atoms with Crippen molar-refractivity contribution >= 4 is 42.1 Å². The van der Waals surface area contributed by atoms with Gasteiger partial charge in [-0.3, -0.25) is 9.69 Å². The topological polar surface area (TPSA) is 48.5 Å². The number of nitrogens with one attached hydrogen (secondary N) is 1. The number of hydrogen-bond acceptors (Lipinski definition) is 5. The second-order valence-electron chi connectivity index (χ2n) is 5.25. The highest BCUT2D eigenvalue weighted by Crippen LogP contribution is 2.21. The Kier molecular flexibility index (Phi) is 7.36. The van der Waals surface area contributed by atoms with Crippen molar-refractivity contribution in [1.82, 2.24) is 20.1 Å². The van der Waals surface area contributed by atoms with E-state index < -0.39 is 0 Å². The van der Waals surface area contributed by atoms with Gasteiger partial charge in [0.2, 0.25) is 0 Å². The van der Waals surface area contributed by atoms with E-state index in [-0.39, 0.29) is 30.7 Å². The van der Waals surface area contributed by atoms with Gasteiger partial charge in [-0.1, -0.05) is 0 Å². The highest BCUT2D eigenvalue weighted by atomic mass is 35.5. The lowest BCUT2D eigenvalue weighted by Crippen LogP contribution is -2.49. The lowest BCUT2D eigenvalue weighted by atomic mass is 10.2. The molecule has 1 N–H and O–H groups in total. The Morgan fingerprint density at radius 2 is 2.05 bits per heavy atom. The maximum atomic E-state index is 12.4. The maximum absolute atomic E-state index is 12.4. The van der Waals surface area contributed by atoms with Crippen LogP contribution in [0.2, 0.25) is 0 Å². The quantitative estimate of drug-likeness (QED) is 0.874. The number of hydrogen-bond donors (Lipinski definition) is 1. The predicted molar refractivity (Wildman–Crippen MR) is 90.1 cm³/mol. The molecule has 0 bridgehead atoms. The maximum Gasteiger partial charge on any atom is 0.265 e. The predicted octanol–water partition coefficient (Wildman–Crippen LogP) is 1.41. The number of likely N-dealkylation sites (tertiary alicyclic amines) is 1. The van der Waals surface area contributed by atoms with Crippen molar-refractivity contribution in [3.63, 3.8) is 0 Å². The summed E-state index contributed by atoms with van der Waals surface area (Å²) in [6.45, 7) is 8.00. The SMILES string of the molecule is Cc1ncsc1C(=O)N1CCC(N2CCNCC2)C1.Cl.Cl. The minimum absolute atomic E-state index is 0. The normalized spacial score (nSPS) is 22.5. The first-order chi connectivity index (χ1) is 9.25. The summed E-state index contributed by atoms with van der Waals surface area (Å²) in [5, 5.41) is 3.37. The van der Waals surface area contributed by atoms with Gasteiger partial charge in [-0.05, 0) is 13.3 Å². The number of aromatic nitrogens is 1. The summed E-state index contributed by atoms with van der Waals surface area (Å²) >= 11 is 1.46. The molecule has 0 aromatic carbocycles. The molecule has 2 fully saturated rings. The van der Waals surface area contributed by atoms with E-state index >= 15 is 0 Å². The molecule has 1 aromatic rings. The summed E-state index contributed by atoms with van der Waals surface area (Å²) in [6.07, 6.45) is 1.10. The molecule has 0 saturated carbocycles. The molecule has 0 radical (unpaired) electrons. The van der Waals surface area contributed by atoms with Gasteiger partial charge < -0.3 is 10.2 Å². The molecule has 0 aliphatic carbocycles. The molecule has 2 saturated heterocycles. The minimum atomic E-state index is 0. The van der Waals surface area contributed by atoms with Gasteiger partial charge in [-0.15, -0.1) is 36.2 Å². The molecule has 1 amide bonds. The second kappa shape index (κ2) is 8.29. The van der Waals surface area contributed by atoms with Gasteiger partial charge in [0.25, 0.3) is 5.91 Å². The van der Waals surface area contributed by atoms with Crippen LogP contribution in [-0.2, 0) is 0 Å².